The van der Waals surface area contributed by atoms with Crippen molar-refractivity contribution in [3.8, 4) is 0 Å². The fourth-order valence-corrected chi connectivity index (χ4v) is 6.64. The van der Waals surface area contributed by atoms with Crippen LogP contribution >= 0.6 is 0 Å². The lowest BCUT2D eigenvalue weighted by molar-refractivity contribution is 0.358. The number of hydrogen-bond acceptors (Lipinski definition) is 5. The Balaban J connectivity index is 1.26. The summed E-state index contributed by atoms with van der Waals surface area (Å²) >= 11 is 0. The van der Waals surface area contributed by atoms with E-state index in [1.807, 2.05) is 12.1 Å². The summed E-state index contributed by atoms with van der Waals surface area (Å²) in [5.74, 6) is 0.854. The Morgan fingerprint density at radius 1 is 0.788 bits per heavy atom. The molecule has 0 N–H and O–H groups in total. The molecule has 0 amide bonds. The van der Waals surface area contributed by atoms with E-state index in [4.69, 9.17) is 0 Å². The second kappa shape index (κ2) is 9.33. The zero-order valence-electron chi connectivity index (χ0n) is 18.9. The first-order valence-corrected chi connectivity index (χ1v) is 13.4. The zero-order chi connectivity index (χ0) is 22.8. The second-order valence-electron chi connectivity index (χ2n) is 9.11. The minimum Gasteiger partial charge on any atom is -0.368 e. The number of rotatable bonds is 4. The average Bonchev–Trinajstić information content (AvgIpc) is 3.36. The highest BCUT2D eigenvalue weighted by molar-refractivity contribution is 7.89. The summed E-state index contributed by atoms with van der Waals surface area (Å²) in [6, 6.07) is 14.0. The van der Waals surface area contributed by atoms with Gasteiger partial charge in [-0.15, -0.1) is 0 Å². The van der Waals surface area contributed by atoms with E-state index < -0.39 is 10.0 Å². The van der Waals surface area contributed by atoms with Gasteiger partial charge in [-0.2, -0.15) is 0 Å². The van der Waals surface area contributed by atoms with Crippen molar-refractivity contribution in [2.24, 2.45) is 4.99 Å². The van der Waals surface area contributed by atoms with Crippen LogP contribution in [0, 0.1) is 5.82 Å². The van der Waals surface area contributed by atoms with Gasteiger partial charge in [0.2, 0.25) is 5.96 Å². The summed E-state index contributed by atoms with van der Waals surface area (Å²) in [5, 5.41) is 0. The minimum atomic E-state index is -3.65. The molecule has 5 rings (SSSR count). The van der Waals surface area contributed by atoms with Crippen molar-refractivity contribution in [3.05, 3.63) is 59.9 Å². The molecule has 8 heteroatoms. The van der Waals surface area contributed by atoms with Gasteiger partial charge in [0.15, 0.2) is 0 Å². The number of anilines is 1. The Hall–Kier alpha value is -2.61. The smallest absolute Gasteiger partial charge is 0.266 e. The molecule has 1 saturated heterocycles. The number of benzene rings is 2. The van der Waals surface area contributed by atoms with Gasteiger partial charge in [0.1, 0.15) is 5.82 Å². The Morgan fingerprint density at radius 3 is 2.09 bits per heavy atom. The molecule has 3 aliphatic rings. The van der Waals surface area contributed by atoms with E-state index in [0.717, 1.165) is 18.8 Å². The Kier molecular flexibility index (Phi) is 6.27. The van der Waals surface area contributed by atoms with Crippen LogP contribution in [0.5, 0.6) is 0 Å². The third kappa shape index (κ3) is 4.58. The maximum absolute atomic E-state index is 13.5. The number of hydrogen-bond donors (Lipinski definition) is 0. The van der Waals surface area contributed by atoms with E-state index in [-0.39, 0.29) is 5.82 Å². The average molecular weight is 471 g/mol. The van der Waals surface area contributed by atoms with Crippen molar-refractivity contribution >= 4 is 21.7 Å². The van der Waals surface area contributed by atoms with Crippen molar-refractivity contribution in [1.82, 2.24) is 9.21 Å². The summed E-state index contributed by atoms with van der Waals surface area (Å²) < 4.78 is 41.6. The van der Waals surface area contributed by atoms with E-state index in [2.05, 4.69) is 14.8 Å². The van der Waals surface area contributed by atoms with Crippen LogP contribution in [0.15, 0.2) is 58.4 Å². The molecule has 33 heavy (non-hydrogen) atoms. The molecule has 2 heterocycles. The molecule has 1 saturated carbocycles. The second-order valence-corrected chi connectivity index (χ2v) is 11.0. The predicted molar refractivity (Wildman–Crippen MR) is 129 cm³/mol. The van der Waals surface area contributed by atoms with Crippen LogP contribution in [-0.2, 0) is 10.0 Å². The molecule has 2 aromatic rings. The number of aliphatic imine (C=N–C) groups is 1. The predicted octanol–water partition coefficient (Wildman–Crippen LogP) is 4.06. The highest BCUT2D eigenvalue weighted by Crippen LogP contribution is 2.33. The van der Waals surface area contributed by atoms with Gasteiger partial charge < -0.3 is 9.80 Å². The molecule has 0 aromatic heterocycles. The molecule has 176 valence electrons. The molecule has 0 atom stereocenters. The molecule has 0 bridgehead atoms. The van der Waals surface area contributed by atoms with Crippen LogP contribution in [0.1, 0.15) is 43.6 Å². The molecular formula is C25H31FN4O2S. The van der Waals surface area contributed by atoms with E-state index >= 15 is 0 Å². The van der Waals surface area contributed by atoms with E-state index in [9.17, 15) is 12.8 Å². The van der Waals surface area contributed by atoms with Crippen molar-refractivity contribution < 1.29 is 12.8 Å². The summed E-state index contributed by atoms with van der Waals surface area (Å²) in [4.78, 5) is 9.13. The van der Waals surface area contributed by atoms with Gasteiger partial charge >= 0.3 is 0 Å². The molecule has 2 aliphatic heterocycles. The Labute approximate surface area is 195 Å². The van der Waals surface area contributed by atoms with Gasteiger partial charge in [-0.05, 0) is 60.7 Å². The van der Waals surface area contributed by atoms with Gasteiger partial charge in [-0.25, -0.2) is 17.1 Å². The van der Waals surface area contributed by atoms with Gasteiger partial charge in [0, 0.05) is 31.9 Å². The lowest BCUT2D eigenvalue weighted by Gasteiger charge is -2.38. The molecule has 0 spiro atoms. The normalized spacial score (nSPS) is 20.3. The molecule has 1 aliphatic carbocycles. The first kappa shape index (κ1) is 22.2. The molecule has 2 aromatic carbocycles. The van der Waals surface area contributed by atoms with Crippen LogP contribution < -0.4 is 4.90 Å². The number of piperazine rings is 1. The van der Waals surface area contributed by atoms with Gasteiger partial charge in [-0.1, -0.05) is 31.4 Å². The standard InChI is InChI=1S/C25H31FN4O2S/c26-22-8-10-23(11-9-22)28-16-18-29(19-17-28)25-27-14-15-30(25)33(31,32)24-12-6-21(7-13-24)20-4-2-1-3-5-20/h6-13,20H,1-5,14-19H2. The highest BCUT2D eigenvalue weighted by Gasteiger charge is 2.35. The quantitative estimate of drug-likeness (QED) is 0.676. The molecular weight excluding hydrogens is 439 g/mol. The van der Waals surface area contributed by atoms with Gasteiger partial charge in [-0.3, -0.25) is 4.99 Å². The van der Waals surface area contributed by atoms with Crippen molar-refractivity contribution in [3.63, 3.8) is 0 Å². The SMILES string of the molecule is O=S(=O)(c1ccc(C2CCCCC2)cc1)N1CCN=C1N1CCN(c2ccc(F)cc2)CC1. The fraction of sp³-hybridized carbons (Fsp3) is 0.480. The lowest BCUT2D eigenvalue weighted by Crippen LogP contribution is -2.53. The van der Waals surface area contributed by atoms with Crippen molar-refractivity contribution in [2.45, 2.75) is 42.9 Å². The maximum atomic E-state index is 13.5. The van der Waals surface area contributed by atoms with Crippen LogP contribution in [0.25, 0.3) is 0 Å². The van der Waals surface area contributed by atoms with Gasteiger partial charge in [0.05, 0.1) is 18.0 Å². The Morgan fingerprint density at radius 2 is 1.42 bits per heavy atom. The largest absolute Gasteiger partial charge is 0.368 e. The fourth-order valence-electron chi connectivity index (χ4n) is 5.20. The van der Waals surface area contributed by atoms with Crippen LogP contribution in [0.2, 0.25) is 0 Å². The zero-order valence-corrected chi connectivity index (χ0v) is 19.7. The molecule has 0 unspecified atom stereocenters. The van der Waals surface area contributed by atoms with E-state index in [1.54, 1.807) is 24.3 Å². The van der Waals surface area contributed by atoms with Crippen LogP contribution in [-0.4, -0.2) is 62.9 Å². The lowest BCUT2D eigenvalue weighted by atomic mass is 9.84. The first-order chi connectivity index (χ1) is 16.0. The minimum absolute atomic E-state index is 0.245. The van der Waals surface area contributed by atoms with Crippen LogP contribution in [0.3, 0.4) is 0 Å². The number of halogens is 1. The summed E-state index contributed by atoms with van der Waals surface area (Å²) in [6.45, 7) is 3.65. The summed E-state index contributed by atoms with van der Waals surface area (Å²) in [6.07, 6.45) is 6.20. The molecule has 0 radical (unpaired) electrons. The van der Waals surface area contributed by atoms with Crippen LogP contribution in [0.4, 0.5) is 10.1 Å². The van der Waals surface area contributed by atoms with E-state index in [0.29, 0.717) is 43.0 Å². The van der Waals surface area contributed by atoms with Crippen molar-refractivity contribution in [1.29, 1.82) is 0 Å². The molecule has 2 fully saturated rings. The van der Waals surface area contributed by atoms with Crippen molar-refractivity contribution in [2.75, 3.05) is 44.2 Å². The third-order valence-corrected chi connectivity index (χ3v) is 8.87. The Bertz CT molecular complexity index is 1090. The van der Waals surface area contributed by atoms with E-state index in [1.165, 1.54) is 54.1 Å². The number of nitrogens with zero attached hydrogens (tertiary/aromatic N) is 4. The molecule has 6 nitrogen and oxygen atoms in total. The highest BCUT2D eigenvalue weighted by atomic mass is 32.2. The number of guanidine groups is 1. The third-order valence-electron chi connectivity index (χ3n) is 7.08. The summed E-state index contributed by atoms with van der Waals surface area (Å²) in [5.41, 5.74) is 2.23. The first-order valence-electron chi connectivity index (χ1n) is 11.9. The van der Waals surface area contributed by atoms with Gasteiger partial charge in [0.25, 0.3) is 10.0 Å². The number of sulfonamides is 1. The topological polar surface area (TPSA) is 56.2 Å². The summed E-state index contributed by atoms with van der Waals surface area (Å²) in [7, 11) is -3.65. The maximum Gasteiger partial charge on any atom is 0.266 e. The monoisotopic (exact) mass is 470 g/mol.